The lowest BCUT2D eigenvalue weighted by Crippen LogP contribution is -2.34. The number of halogens is 2. The van der Waals surface area contributed by atoms with Crippen molar-refractivity contribution in [3.8, 4) is 0 Å². The SMILES string of the molecule is CCc1nc2ccc(Cl)cn2c1C(=O)NCc1ccc(N2CCC(F)CC2)cc1. The van der Waals surface area contributed by atoms with Crippen LogP contribution in [0.1, 0.15) is 41.5 Å². The van der Waals surface area contributed by atoms with E-state index in [9.17, 15) is 9.18 Å². The first-order chi connectivity index (χ1) is 14.0. The van der Waals surface area contributed by atoms with Crippen LogP contribution in [0.15, 0.2) is 42.6 Å². The molecule has 0 aliphatic carbocycles. The molecule has 1 fully saturated rings. The van der Waals surface area contributed by atoms with Crippen molar-refractivity contribution in [1.29, 1.82) is 0 Å². The third-order valence-corrected chi connectivity index (χ3v) is 5.61. The van der Waals surface area contributed by atoms with Crippen molar-refractivity contribution >= 4 is 28.8 Å². The molecule has 0 bridgehead atoms. The summed E-state index contributed by atoms with van der Waals surface area (Å²) < 4.78 is 15.1. The van der Waals surface area contributed by atoms with Gasteiger partial charge in [0.25, 0.3) is 5.91 Å². The summed E-state index contributed by atoms with van der Waals surface area (Å²) in [6, 6.07) is 11.6. The molecule has 0 atom stereocenters. The second kappa shape index (κ2) is 8.41. The van der Waals surface area contributed by atoms with Crippen LogP contribution in [0.4, 0.5) is 10.1 Å². The predicted molar refractivity (Wildman–Crippen MR) is 114 cm³/mol. The van der Waals surface area contributed by atoms with Crippen LogP contribution >= 0.6 is 11.6 Å². The number of nitrogens with zero attached hydrogens (tertiary/aromatic N) is 3. The van der Waals surface area contributed by atoms with Gasteiger partial charge in [-0.15, -0.1) is 0 Å². The van der Waals surface area contributed by atoms with E-state index in [1.807, 2.05) is 37.3 Å². The fourth-order valence-electron chi connectivity index (χ4n) is 3.75. The number of aromatic nitrogens is 2. The fourth-order valence-corrected chi connectivity index (χ4v) is 3.91. The van der Waals surface area contributed by atoms with Gasteiger partial charge in [0.2, 0.25) is 0 Å². The van der Waals surface area contributed by atoms with Crippen LogP contribution in [-0.4, -0.2) is 34.6 Å². The molecule has 4 rings (SSSR count). The van der Waals surface area contributed by atoms with Crippen LogP contribution in [0, 0.1) is 0 Å². The van der Waals surface area contributed by atoms with Gasteiger partial charge in [0.1, 0.15) is 17.5 Å². The van der Waals surface area contributed by atoms with Crippen LogP contribution in [0.5, 0.6) is 0 Å². The average Bonchev–Trinajstić information content (AvgIpc) is 3.11. The Morgan fingerprint density at radius 1 is 1.21 bits per heavy atom. The normalized spacial score (nSPS) is 15.1. The van der Waals surface area contributed by atoms with Crippen LogP contribution in [0.25, 0.3) is 5.65 Å². The zero-order valence-electron chi connectivity index (χ0n) is 16.4. The maximum Gasteiger partial charge on any atom is 0.270 e. The number of benzene rings is 1. The Morgan fingerprint density at radius 2 is 1.93 bits per heavy atom. The molecule has 0 saturated carbocycles. The van der Waals surface area contributed by atoms with Crippen molar-refractivity contribution < 1.29 is 9.18 Å². The number of piperidine rings is 1. The van der Waals surface area contributed by atoms with Crippen LogP contribution < -0.4 is 10.2 Å². The Labute approximate surface area is 174 Å². The summed E-state index contributed by atoms with van der Waals surface area (Å²) >= 11 is 6.10. The van der Waals surface area contributed by atoms with Crippen LogP contribution in [0.3, 0.4) is 0 Å². The quantitative estimate of drug-likeness (QED) is 0.672. The molecule has 0 spiro atoms. The monoisotopic (exact) mass is 414 g/mol. The lowest BCUT2D eigenvalue weighted by atomic mass is 10.1. The lowest BCUT2D eigenvalue weighted by Gasteiger charge is -2.30. The van der Waals surface area contributed by atoms with E-state index in [0.717, 1.165) is 30.0 Å². The number of carbonyl (C=O) groups is 1. The zero-order chi connectivity index (χ0) is 20.4. The first kappa shape index (κ1) is 19.7. The molecule has 3 heterocycles. The van der Waals surface area contributed by atoms with E-state index in [2.05, 4.69) is 15.2 Å². The molecule has 3 aromatic rings. The highest BCUT2D eigenvalue weighted by Crippen LogP contribution is 2.22. The number of fused-ring (bicyclic) bond motifs is 1. The highest BCUT2D eigenvalue weighted by Gasteiger charge is 2.19. The molecule has 0 radical (unpaired) electrons. The molecule has 1 aliphatic rings. The molecule has 1 saturated heterocycles. The number of amides is 1. The van der Waals surface area contributed by atoms with E-state index >= 15 is 0 Å². The van der Waals surface area contributed by atoms with E-state index in [1.165, 1.54) is 0 Å². The smallest absolute Gasteiger partial charge is 0.270 e. The summed E-state index contributed by atoms with van der Waals surface area (Å²) in [5, 5.41) is 3.54. The zero-order valence-corrected chi connectivity index (χ0v) is 17.1. The van der Waals surface area contributed by atoms with Crippen molar-refractivity contribution in [3.63, 3.8) is 0 Å². The van der Waals surface area contributed by atoms with Crippen molar-refractivity contribution in [1.82, 2.24) is 14.7 Å². The molecule has 29 heavy (non-hydrogen) atoms. The molecule has 5 nitrogen and oxygen atoms in total. The minimum atomic E-state index is -0.678. The van der Waals surface area contributed by atoms with Gasteiger partial charge in [-0.2, -0.15) is 0 Å². The molecule has 7 heteroatoms. The summed E-state index contributed by atoms with van der Waals surface area (Å²) in [5.74, 6) is -0.175. The lowest BCUT2D eigenvalue weighted by molar-refractivity contribution is 0.0944. The molecular formula is C22H24ClFN4O. The minimum Gasteiger partial charge on any atom is -0.371 e. The average molecular weight is 415 g/mol. The summed E-state index contributed by atoms with van der Waals surface area (Å²) in [5.41, 5.74) is 4.08. The summed E-state index contributed by atoms with van der Waals surface area (Å²) in [6.07, 6.45) is 2.87. The van der Waals surface area contributed by atoms with Crippen molar-refractivity contribution in [2.24, 2.45) is 0 Å². The van der Waals surface area contributed by atoms with E-state index in [-0.39, 0.29) is 5.91 Å². The van der Waals surface area contributed by atoms with Gasteiger partial charge in [-0.05, 0) is 49.1 Å². The van der Waals surface area contributed by atoms with E-state index in [4.69, 9.17) is 11.6 Å². The molecule has 1 aliphatic heterocycles. The Balaban J connectivity index is 1.45. The number of hydrogen-bond acceptors (Lipinski definition) is 3. The Kier molecular flexibility index (Phi) is 5.72. The molecule has 1 amide bonds. The van der Waals surface area contributed by atoms with E-state index in [0.29, 0.717) is 42.2 Å². The summed E-state index contributed by atoms with van der Waals surface area (Å²) in [6.45, 7) is 3.88. The number of nitrogens with one attached hydrogen (secondary N) is 1. The number of rotatable bonds is 5. The third kappa shape index (κ3) is 4.22. The number of alkyl halides is 1. The molecule has 0 unspecified atom stereocenters. The first-order valence-electron chi connectivity index (χ1n) is 9.98. The molecule has 2 aromatic heterocycles. The second-order valence-corrected chi connectivity index (χ2v) is 7.78. The molecular weight excluding hydrogens is 391 g/mol. The van der Waals surface area contributed by atoms with Crippen LogP contribution in [-0.2, 0) is 13.0 Å². The third-order valence-electron chi connectivity index (χ3n) is 5.38. The number of pyridine rings is 1. The number of imidazole rings is 1. The predicted octanol–water partition coefficient (Wildman–Crippen LogP) is 4.42. The minimum absolute atomic E-state index is 0.175. The van der Waals surface area contributed by atoms with E-state index < -0.39 is 6.17 Å². The number of aryl methyl sites for hydroxylation is 1. The summed E-state index contributed by atoms with van der Waals surface area (Å²) in [4.78, 5) is 19.6. The van der Waals surface area contributed by atoms with E-state index in [1.54, 1.807) is 16.7 Å². The van der Waals surface area contributed by atoms with Gasteiger partial charge in [-0.25, -0.2) is 9.37 Å². The van der Waals surface area contributed by atoms with Gasteiger partial charge in [0.15, 0.2) is 0 Å². The maximum atomic E-state index is 13.3. The first-order valence-corrected chi connectivity index (χ1v) is 10.4. The van der Waals surface area contributed by atoms with Gasteiger partial charge in [0.05, 0.1) is 10.7 Å². The van der Waals surface area contributed by atoms with Crippen LogP contribution in [0.2, 0.25) is 5.02 Å². The number of anilines is 1. The van der Waals surface area contributed by atoms with Gasteiger partial charge >= 0.3 is 0 Å². The number of carbonyl (C=O) groups excluding carboxylic acids is 1. The largest absolute Gasteiger partial charge is 0.371 e. The van der Waals surface area contributed by atoms with Crippen molar-refractivity contribution in [2.45, 2.75) is 38.9 Å². The topological polar surface area (TPSA) is 49.6 Å². The van der Waals surface area contributed by atoms with Crippen molar-refractivity contribution in [3.05, 3.63) is 64.6 Å². The van der Waals surface area contributed by atoms with Gasteiger partial charge in [-0.3, -0.25) is 9.20 Å². The molecule has 1 N–H and O–H groups in total. The van der Waals surface area contributed by atoms with Crippen molar-refractivity contribution in [2.75, 3.05) is 18.0 Å². The molecule has 1 aromatic carbocycles. The second-order valence-electron chi connectivity index (χ2n) is 7.35. The Hall–Kier alpha value is -2.60. The Bertz CT molecular complexity index is 1010. The highest BCUT2D eigenvalue weighted by molar-refractivity contribution is 6.30. The van der Waals surface area contributed by atoms with Gasteiger partial charge in [0, 0.05) is 31.5 Å². The fraction of sp³-hybridized carbons (Fsp3) is 0.364. The summed E-state index contributed by atoms with van der Waals surface area (Å²) in [7, 11) is 0. The Morgan fingerprint density at radius 3 is 2.62 bits per heavy atom. The van der Waals surface area contributed by atoms with Gasteiger partial charge < -0.3 is 10.2 Å². The number of hydrogen-bond donors (Lipinski definition) is 1. The highest BCUT2D eigenvalue weighted by atomic mass is 35.5. The standard InChI is InChI=1S/C22H24ClFN4O/c1-2-19-21(28-14-16(23)5-8-20(28)26-19)22(29)25-13-15-3-6-18(7-4-15)27-11-9-17(24)10-12-27/h3-8,14,17H,2,9-13H2,1H3,(H,25,29). The van der Waals surface area contributed by atoms with Gasteiger partial charge in [-0.1, -0.05) is 30.7 Å². The molecule has 152 valence electrons. The maximum absolute atomic E-state index is 13.3.